The van der Waals surface area contributed by atoms with E-state index in [-0.39, 0.29) is 22.8 Å². The van der Waals surface area contributed by atoms with Gasteiger partial charge in [0.2, 0.25) is 21.8 Å². The van der Waals surface area contributed by atoms with Crippen molar-refractivity contribution in [3.8, 4) is 0 Å². The summed E-state index contributed by atoms with van der Waals surface area (Å²) in [4.78, 5) is 34.1. The van der Waals surface area contributed by atoms with Crippen LogP contribution in [0.4, 0.5) is 0 Å². The molecule has 3 heterocycles. The summed E-state index contributed by atoms with van der Waals surface area (Å²) in [6.45, 7) is 2.64. The third kappa shape index (κ3) is 4.70. The molecule has 2 aliphatic heterocycles. The summed E-state index contributed by atoms with van der Waals surface area (Å²) in [6, 6.07) is 12.1. The second kappa shape index (κ2) is 9.80. The van der Waals surface area contributed by atoms with E-state index < -0.39 is 22.1 Å². The van der Waals surface area contributed by atoms with E-state index in [2.05, 4.69) is 9.71 Å². The maximum Gasteiger partial charge on any atom is 0.245 e. The van der Waals surface area contributed by atoms with Crippen LogP contribution in [0.2, 0.25) is 5.02 Å². The molecule has 2 fully saturated rings. The lowest BCUT2D eigenvalue weighted by atomic mass is 10.1. The van der Waals surface area contributed by atoms with Gasteiger partial charge in [-0.15, -0.1) is 0 Å². The molecule has 0 bridgehead atoms. The number of nitrogens with one attached hydrogen (secondary N) is 1. The third-order valence-corrected chi connectivity index (χ3v) is 8.76. The fourth-order valence-electron chi connectivity index (χ4n) is 5.14. The second-order valence-electron chi connectivity index (χ2n) is 9.30. The smallest absolute Gasteiger partial charge is 0.245 e. The molecule has 2 aliphatic rings. The molecule has 3 aromatic rings. The van der Waals surface area contributed by atoms with Gasteiger partial charge in [-0.05, 0) is 72.9 Å². The molecule has 0 spiro atoms. The standard InChI is InChI=1S/C26H27ClN4O4S/c1-17(25(32)31-12-3-5-24(31)20-4-2-11-28-16-20)30-13-10-23(26(30)33)29-36(34,35)22-9-7-18-14-21(27)8-6-19(18)15-22/h2,4,6-9,11,14-17,23-24,29H,3,5,10,12-13H2,1H3/t17-,23?,24?/m0/s1. The fraction of sp³-hybridized carbons (Fsp3) is 0.346. The van der Waals surface area contributed by atoms with Gasteiger partial charge in [0.05, 0.1) is 10.9 Å². The number of hydrogen-bond acceptors (Lipinski definition) is 5. The average molecular weight is 527 g/mol. The van der Waals surface area contributed by atoms with Gasteiger partial charge >= 0.3 is 0 Å². The minimum absolute atomic E-state index is 0.0663. The molecule has 1 N–H and O–H groups in total. The van der Waals surface area contributed by atoms with Crippen molar-refractivity contribution in [2.24, 2.45) is 0 Å². The van der Waals surface area contributed by atoms with Crippen LogP contribution in [-0.4, -0.2) is 60.2 Å². The number of rotatable bonds is 6. The summed E-state index contributed by atoms with van der Waals surface area (Å²) in [7, 11) is -3.94. The van der Waals surface area contributed by atoms with Gasteiger partial charge in [0, 0.05) is 30.5 Å². The Bertz CT molecular complexity index is 1420. The first-order chi connectivity index (χ1) is 17.2. The van der Waals surface area contributed by atoms with Gasteiger partial charge in [0.15, 0.2) is 0 Å². The summed E-state index contributed by atoms with van der Waals surface area (Å²) in [5.41, 5.74) is 0.978. The number of carbonyl (C=O) groups excluding carboxylic acids is 2. The number of likely N-dealkylation sites (tertiary alicyclic amines) is 2. The zero-order valence-electron chi connectivity index (χ0n) is 19.8. The van der Waals surface area contributed by atoms with Crippen molar-refractivity contribution in [3.05, 3.63) is 71.5 Å². The fourth-order valence-corrected chi connectivity index (χ4v) is 6.58. The average Bonchev–Trinajstić information content (AvgIpc) is 3.50. The number of carbonyl (C=O) groups is 2. The Morgan fingerprint density at radius 2 is 1.89 bits per heavy atom. The van der Waals surface area contributed by atoms with Crippen LogP contribution in [-0.2, 0) is 19.6 Å². The molecule has 0 saturated carbocycles. The van der Waals surface area contributed by atoms with E-state index in [0.29, 0.717) is 24.5 Å². The molecule has 10 heteroatoms. The number of halogens is 1. The maximum atomic E-state index is 13.4. The lowest BCUT2D eigenvalue weighted by molar-refractivity contribution is -0.144. The van der Waals surface area contributed by atoms with Gasteiger partial charge in [-0.1, -0.05) is 29.8 Å². The number of hydrogen-bond donors (Lipinski definition) is 1. The number of aromatic nitrogens is 1. The molecule has 3 atom stereocenters. The van der Waals surface area contributed by atoms with E-state index in [9.17, 15) is 18.0 Å². The monoisotopic (exact) mass is 526 g/mol. The van der Waals surface area contributed by atoms with E-state index in [1.54, 1.807) is 49.6 Å². The topological polar surface area (TPSA) is 99.7 Å². The highest BCUT2D eigenvalue weighted by atomic mass is 35.5. The van der Waals surface area contributed by atoms with Crippen molar-refractivity contribution in [1.82, 2.24) is 19.5 Å². The summed E-state index contributed by atoms with van der Waals surface area (Å²) >= 11 is 6.02. The molecule has 5 rings (SSSR count). The maximum absolute atomic E-state index is 13.4. The Labute approximate surface area is 215 Å². The van der Waals surface area contributed by atoms with Crippen molar-refractivity contribution in [3.63, 3.8) is 0 Å². The molecule has 2 amide bonds. The summed E-state index contributed by atoms with van der Waals surface area (Å²) < 4.78 is 28.7. The number of sulfonamides is 1. The Morgan fingerprint density at radius 1 is 1.11 bits per heavy atom. The van der Waals surface area contributed by atoms with E-state index in [4.69, 9.17) is 11.6 Å². The lowest BCUT2D eigenvalue weighted by Crippen LogP contribution is -2.50. The number of benzene rings is 2. The van der Waals surface area contributed by atoms with E-state index >= 15 is 0 Å². The van der Waals surface area contributed by atoms with Crippen LogP contribution in [0.15, 0.2) is 65.8 Å². The van der Waals surface area contributed by atoms with Crippen molar-refractivity contribution >= 4 is 44.2 Å². The number of pyridine rings is 1. The van der Waals surface area contributed by atoms with Gasteiger partial charge in [0.25, 0.3) is 0 Å². The predicted molar refractivity (Wildman–Crippen MR) is 137 cm³/mol. The summed E-state index contributed by atoms with van der Waals surface area (Å²) in [5, 5.41) is 2.12. The lowest BCUT2D eigenvalue weighted by Gasteiger charge is -2.31. The summed E-state index contributed by atoms with van der Waals surface area (Å²) in [6.07, 6.45) is 5.49. The van der Waals surface area contributed by atoms with Crippen LogP contribution in [0.5, 0.6) is 0 Å². The Kier molecular flexibility index (Phi) is 6.72. The van der Waals surface area contributed by atoms with Gasteiger partial charge < -0.3 is 9.80 Å². The van der Waals surface area contributed by atoms with Crippen LogP contribution in [0.1, 0.15) is 37.8 Å². The zero-order valence-corrected chi connectivity index (χ0v) is 21.4. The first-order valence-electron chi connectivity index (χ1n) is 12.0. The molecule has 2 aromatic carbocycles. The van der Waals surface area contributed by atoms with E-state index in [1.165, 1.54) is 11.0 Å². The van der Waals surface area contributed by atoms with Gasteiger partial charge in [0.1, 0.15) is 12.1 Å². The van der Waals surface area contributed by atoms with Gasteiger partial charge in [-0.25, -0.2) is 8.42 Å². The highest BCUT2D eigenvalue weighted by Gasteiger charge is 2.42. The Balaban J connectivity index is 1.28. The number of nitrogens with zero attached hydrogens (tertiary/aromatic N) is 3. The van der Waals surface area contributed by atoms with Crippen LogP contribution in [0, 0.1) is 0 Å². The minimum atomic E-state index is -3.94. The molecule has 188 valence electrons. The first kappa shape index (κ1) is 24.7. The molecular formula is C26H27ClN4O4S. The number of fused-ring (bicyclic) bond motifs is 1. The van der Waals surface area contributed by atoms with Crippen molar-refractivity contribution in [2.45, 2.75) is 49.2 Å². The quantitative estimate of drug-likeness (QED) is 0.530. The molecule has 8 nitrogen and oxygen atoms in total. The second-order valence-corrected chi connectivity index (χ2v) is 11.4. The molecule has 2 saturated heterocycles. The van der Waals surface area contributed by atoms with Crippen molar-refractivity contribution in [2.75, 3.05) is 13.1 Å². The molecule has 2 unspecified atom stereocenters. The molecular weight excluding hydrogens is 500 g/mol. The third-order valence-electron chi connectivity index (χ3n) is 7.05. The summed E-state index contributed by atoms with van der Waals surface area (Å²) in [5.74, 6) is -0.518. The number of amides is 2. The van der Waals surface area contributed by atoms with E-state index in [1.807, 2.05) is 17.0 Å². The normalized spacial score (nSPS) is 21.3. The van der Waals surface area contributed by atoms with E-state index in [0.717, 1.165) is 29.2 Å². The highest BCUT2D eigenvalue weighted by molar-refractivity contribution is 7.89. The Hall–Kier alpha value is -3.01. The molecule has 0 radical (unpaired) electrons. The SMILES string of the molecule is C[C@@H](C(=O)N1CCCC1c1cccnc1)N1CCC(NS(=O)(=O)c2ccc3cc(Cl)ccc3c2)C1=O. The zero-order chi connectivity index (χ0) is 25.4. The molecule has 0 aliphatic carbocycles. The predicted octanol–water partition coefficient (Wildman–Crippen LogP) is 3.52. The van der Waals surface area contributed by atoms with Crippen LogP contribution >= 0.6 is 11.6 Å². The minimum Gasteiger partial charge on any atom is -0.334 e. The van der Waals surface area contributed by atoms with Gasteiger partial charge in [-0.3, -0.25) is 14.6 Å². The van der Waals surface area contributed by atoms with Crippen LogP contribution in [0.3, 0.4) is 0 Å². The largest absolute Gasteiger partial charge is 0.334 e. The van der Waals surface area contributed by atoms with Crippen LogP contribution < -0.4 is 4.72 Å². The molecule has 1 aromatic heterocycles. The van der Waals surface area contributed by atoms with Crippen molar-refractivity contribution < 1.29 is 18.0 Å². The van der Waals surface area contributed by atoms with Crippen molar-refractivity contribution in [1.29, 1.82) is 0 Å². The Morgan fingerprint density at radius 3 is 2.67 bits per heavy atom. The van der Waals surface area contributed by atoms with Gasteiger partial charge in [-0.2, -0.15) is 4.72 Å². The first-order valence-corrected chi connectivity index (χ1v) is 13.8. The highest BCUT2D eigenvalue weighted by Crippen LogP contribution is 2.33. The molecule has 36 heavy (non-hydrogen) atoms. The van der Waals surface area contributed by atoms with Crippen LogP contribution in [0.25, 0.3) is 10.8 Å².